The van der Waals surface area contributed by atoms with Crippen LogP contribution in [0.15, 0.2) is 42.6 Å². The van der Waals surface area contributed by atoms with E-state index in [1.165, 1.54) is 19.3 Å². The topological polar surface area (TPSA) is 82.6 Å². The Kier molecular flexibility index (Phi) is 8.79. The van der Waals surface area contributed by atoms with Gasteiger partial charge < -0.3 is 33.5 Å². The molecule has 3 fully saturated rings. The first-order valence-corrected chi connectivity index (χ1v) is 13.6. The molecule has 3 heterocycles. The van der Waals surface area contributed by atoms with Crippen LogP contribution in [0.3, 0.4) is 0 Å². The average molecular weight is 526 g/mol. The number of carbonyl (C=O) groups excluding carboxylic acids is 1. The van der Waals surface area contributed by atoms with Crippen molar-refractivity contribution < 1.29 is 28.5 Å². The standard InChI is InChI=1S/C29H39N3O6/c1-34-20-32-27(22-8-10-24(11-9-22)31-14-16-36-17-15-31)29(28(32)33,37-21-35-2)19-23-18-26(12-13-30-23)38-25-6-4-3-5-7-25/h8-13,18,25,27H,3-7,14-17,19-21H2,1-2H3/t27-,29+/m0/s1. The summed E-state index contributed by atoms with van der Waals surface area (Å²) in [4.78, 5) is 22.3. The summed E-state index contributed by atoms with van der Waals surface area (Å²) in [6.07, 6.45) is 8.11. The summed E-state index contributed by atoms with van der Waals surface area (Å²) in [5.41, 5.74) is 1.70. The van der Waals surface area contributed by atoms with E-state index in [-0.39, 0.29) is 31.6 Å². The summed E-state index contributed by atoms with van der Waals surface area (Å²) in [6.45, 7) is 3.35. The lowest BCUT2D eigenvalue weighted by Gasteiger charge is -2.55. The number of carbonyl (C=O) groups is 1. The SMILES string of the molecule is COCO[C@@]1(Cc2cc(OC3CCCCC3)ccn2)C(=O)N(COC)[C@H]1c1ccc(N2CCOCC2)cc1. The minimum Gasteiger partial charge on any atom is -0.490 e. The molecule has 0 radical (unpaired) electrons. The van der Waals surface area contributed by atoms with Crippen molar-refractivity contribution >= 4 is 11.6 Å². The van der Waals surface area contributed by atoms with Crippen LogP contribution in [0.2, 0.25) is 0 Å². The van der Waals surface area contributed by atoms with Gasteiger partial charge >= 0.3 is 0 Å². The van der Waals surface area contributed by atoms with Crippen LogP contribution in [0.1, 0.15) is 49.4 Å². The average Bonchev–Trinajstić information content (AvgIpc) is 2.96. The van der Waals surface area contributed by atoms with E-state index in [9.17, 15) is 4.79 Å². The highest BCUT2D eigenvalue weighted by Gasteiger charge is 2.62. The minimum absolute atomic E-state index is 0.00676. The quantitative estimate of drug-likeness (QED) is 0.324. The summed E-state index contributed by atoms with van der Waals surface area (Å²) in [5, 5.41) is 0. The molecule has 9 heteroatoms. The number of hydrogen-bond acceptors (Lipinski definition) is 8. The maximum absolute atomic E-state index is 13.7. The number of aromatic nitrogens is 1. The van der Waals surface area contributed by atoms with Crippen LogP contribution in [-0.2, 0) is 30.2 Å². The van der Waals surface area contributed by atoms with Crippen molar-refractivity contribution in [1.29, 1.82) is 0 Å². The lowest BCUT2D eigenvalue weighted by atomic mass is 9.75. The second-order valence-electron chi connectivity index (χ2n) is 10.3. The van der Waals surface area contributed by atoms with Gasteiger partial charge in [0.1, 0.15) is 19.3 Å². The van der Waals surface area contributed by atoms with Gasteiger partial charge in [-0.1, -0.05) is 18.6 Å². The Hall–Kier alpha value is -2.72. The molecule has 1 aliphatic carbocycles. The van der Waals surface area contributed by atoms with Crippen LogP contribution in [0.5, 0.6) is 5.75 Å². The first kappa shape index (κ1) is 26.9. The molecule has 2 atom stereocenters. The van der Waals surface area contributed by atoms with Crippen molar-refractivity contribution in [2.45, 2.75) is 56.3 Å². The van der Waals surface area contributed by atoms with Gasteiger partial charge in [0.25, 0.3) is 5.91 Å². The molecule has 0 spiro atoms. The third kappa shape index (κ3) is 5.66. The van der Waals surface area contributed by atoms with Gasteiger partial charge in [-0.25, -0.2) is 0 Å². The van der Waals surface area contributed by atoms with E-state index < -0.39 is 5.60 Å². The van der Waals surface area contributed by atoms with Gasteiger partial charge in [-0.2, -0.15) is 0 Å². The number of nitrogens with zero attached hydrogens (tertiary/aromatic N) is 3. The smallest absolute Gasteiger partial charge is 0.260 e. The van der Waals surface area contributed by atoms with E-state index >= 15 is 0 Å². The molecule has 206 valence electrons. The Labute approximate surface area is 225 Å². The third-order valence-corrected chi connectivity index (χ3v) is 7.75. The zero-order valence-electron chi connectivity index (χ0n) is 22.5. The second kappa shape index (κ2) is 12.4. The molecule has 1 amide bonds. The number of anilines is 1. The highest BCUT2D eigenvalue weighted by atomic mass is 16.7. The van der Waals surface area contributed by atoms with Gasteiger partial charge in [-0.05, 0) is 49.4 Å². The predicted octanol–water partition coefficient (Wildman–Crippen LogP) is 3.72. The number of pyridine rings is 1. The normalized spacial score (nSPS) is 24.4. The number of likely N-dealkylation sites (tertiary alicyclic amines) is 1. The zero-order valence-corrected chi connectivity index (χ0v) is 22.5. The first-order chi connectivity index (χ1) is 18.6. The summed E-state index contributed by atoms with van der Waals surface area (Å²) < 4.78 is 28.7. The van der Waals surface area contributed by atoms with E-state index in [1.807, 2.05) is 12.1 Å². The van der Waals surface area contributed by atoms with Gasteiger partial charge in [0.05, 0.1) is 25.4 Å². The van der Waals surface area contributed by atoms with E-state index in [2.05, 4.69) is 34.1 Å². The molecular formula is C29H39N3O6. The van der Waals surface area contributed by atoms with Gasteiger partial charge in [0.15, 0.2) is 5.60 Å². The number of amides is 1. The molecule has 0 bridgehead atoms. The van der Waals surface area contributed by atoms with Gasteiger partial charge in [0.2, 0.25) is 0 Å². The Bertz CT molecular complexity index is 1050. The summed E-state index contributed by atoms with van der Waals surface area (Å²) in [6, 6.07) is 11.8. The fourth-order valence-electron chi connectivity index (χ4n) is 5.87. The van der Waals surface area contributed by atoms with Crippen molar-refractivity contribution in [2.75, 3.05) is 58.9 Å². The lowest BCUT2D eigenvalue weighted by molar-refractivity contribution is -0.235. The van der Waals surface area contributed by atoms with Crippen LogP contribution in [0.4, 0.5) is 5.69 Å². The van der Waals surface area contributed by atoms with Crippen LogP contribution >= 0.6 is 0 Å². The molecule has 38 heavy (non-hydrogen) atoms. The molecule has 2 aliphatic heterocycles. The largest absolute Gasteiger partial charge is 0.490 e. The Balaban J connectivity index is 1.41. The fraction of sp³-hybridized carbons (Fsp3) is 0.586. The molecule has 1 aromatic carbocycles. The molecular weight excluding hydrogens is 486 g/mol. The van der Waals surface area contributed by atoms with Crippen molar-refractivity contribution in [3.8, 4) is 5.75 Å². The van der Waals surface area contributed by atoms with Crippen LogP contribution in [0.25, 0.3) is 0 Å². The van der Waals surface area contributed by atoms with Crippen molar-refractivity contribution in [3.63, 3.8) is 0 Å². The van der Waals surface area contributed by atoms with E-state index in [1.54, 1.807) is 25.3 Å². The molecule has 0 unspecified atom stereocenters. The molecule has 9 nitrogen and oxygen atoms in total. The van der Waals surface area contributed by atoms with Crippen molar-refractivity contribution in [3.05, 3.63) is 53.9 Å². The number of β-lactam (4-membered cyclic amide) rings is 1. The molecule has 2 aromatic rings. The Morgan fingerprint density at radius 1 is 1.03 bits per heavy atom. The molecule has 2 saturated heterocycles. The third-order valence-electron chi connectivity index (χ3n) is 7.75. The lowest BCUT2D eigenvalue weighted by Crippen LogP contribution is -2.71. The van der Waals surface area contributed by atoms with Crippen LogP contribution in [0, 0.1) is 0 Å². The number of hydrogen-bond donors (Lipinski definition) is 0. The number of ether oxygens (including phenoxy) is 5. The first-order valence-electron chi connectivity index (χ1n) is 13.6. The van der Waals surface area contributed by atoms with Gasteiger partial charge in [-0.3, -0.25) is 9.78 Å². The minimum atomic E-state index is -1.16. The number of methoxy groups -OCH3 is 2. The Morgan fingerprint density at radius 3 is 2.50 bits per heavy atom. The monoisotopic (exact) mass is 525 g/mol. The number of benzene rings is 1. The molecule has 3 aliphatic rings. The van der Waals surface area contributed by atoms with Crippen molar-refractivity contribution in [1.82, 2.24) is 9.88 Å². The predicted molar refractivity (Wildman–Crippen MR) is 142 cm³/mol. The highest BCUT2D eigenvalue weighted by molar-refractivity contribution is 5.94. The van der Waals surface area contributed by atoms with E-state index in [4.69, 9.17) is 23.7 Å². The molecule has 1 aromatic heterocycles. The fourth-order valence-corrected chi connectivity index (χ4v) is 5.87. The van der Waals surface area contributed by atoms with Gasteiger partial charge in [0, 0.05) is 57.4 Å². The maximum Gasteiger partial charge on any atom is 0.260 e. The number of morpholine rings is 1. The second-order valence-corrected chi connectivity index (χ2v) is 10.3. The highest BCUT2D eigenvalue weighted by Crippen LogP contribution is 2.48. The zero-order chi connectivity index (χ0) is 26.4. The van der Waals surface area contributed by atoms with Crippen LogP contribution < -0.4 is 9.64 Å². The molecule has 0 N–H and O–H groups in total. The molecule has 5 rings (SSSR count). The summed E-state index contributed by atoms with van der Waals surface area (Å²) in [5.74, 6) is 0.648. The summed E-state index contributed by atoms with van der Waals surface area (Å²) in [7, 11) is 3.16. The van der Waals surface area contributed by atoms with E-state index in [0.717, 1.165) is 61.8 Å². The summed E-state index contributed by atoms with van der Waals surface area (Å²) >= 11 is 0. The van der Waals surface area contributed by atoms with Crippen LogP contribution in [-0.4, -0.2) is 81.5 Å². The molecule has 1 saturated carbocycles. The van der Waals surface area contributed by atoms with E-state index in [0.29, 0.717) is 6.42 Å². The number of rotatable bonds is 11. The van der Waals surface area contributed by atoms with Crippen molar-refractivity contribution in [2.24, 2.45) is 0 Å². The maximum atomic E-state index is 13.7. The Morgan fingerprint density at radius 2 is 1.79 bits per heavy atom. The van der Waals surface area contributed by atoms with Gasteiger partial charge in [-0.15, -0.1) is 0 Å².